The zero-order valence-electron chi connectivity index (χ0n) is 20.5. The molecule has 1 aliphatic carbocycles. The van der Waals surface area contributed by atoms with Crippen molar-refractivity contribution in [3.8, 4) is 5.75 Å². The van der Waals surface area contributed by atoms with E-state index in [0.29, 0.717) is 17.6 Å². The molecule has 5 nitrogen and oxygen atoms in total. The summed E-state index contributed by atoms with van der Waals surface area (Å²) in [6.45, 7) is 5.23. The summed E-state index contributed by atoms with van der Waals surface area (Å²) in [4.78, 5) is 20.2. The molecule has 176 valence electrons. The lowest BCUT2D eigenvalue weighted by atomic mass is 9.76. The van der Waals surface area contributed by atoms with Crippen LogP contribution in [-0.2, 0) is 0 Å². The lowest BCUT2D eigenvalue weighted by Gasteiger charge is -2.31. The molecule has 1 aromatic heterocycles. The number of fused-ring (bicyclic) bond motifs is 2. The van der Waals surface area contributed by atoms with Crippen molar-refractivity contribution >= 4 is 28.1 Å². The van der Waals surface area contributed by atoms with Crippen molar-refractivity contribution in [2.24, 2.45) is 11.1 Å². The van der Waals surface area contributed by atoms with E-state index < -0.39 is 5.91 Å². The van der Waals surface area contributed by atoms with E-state index in [4.69, 9.17) is 15.5 Å². The van der Waals surface area contributed by atoms with Gasteiger partial charge in [-0.2, -0.15) is 0 Å². The molecule has 0 saturated heterocycles. The standard InChI is InChI=1S/C29H33N3O2/c1-29(2)15-12-18(13-16-29)19-9-7-10-22-25(19)31-26(24(28(30)33)27(22)32(3)4)21-14-17-34-23-11-6-5-8-20(21)23/h5-12,21H,13-17H2,1-4H3,(H2,30,33). The highest BCUT2D eigenvalue weighted by atomic mass is 16.5. The Morgan fingerprint density at radius 3 is 2.65 bits per heavy atom. The summed E-state index contributed by atoms with van der Waals surface area (Å²) in [6, 6.07) is 14.3. The van der Waals surface area contributed by atoms with Gasteiger partial charge in [-0.05, 0) is 42.7 Å². The van der Waals surface area contributed by atoms with Gasteiger partial charge in [0.05, 0.1) is 29.1 Å². The molecule has 0 fully saturated rings. The number of amides is 1. The number of carbonyl (C=O) groups is 1. The normalized spacial score (nSPS) is 19.2. The van der Waals surface area contributed by atoms with E-state index >= 15 is 0 Å². The monoisotopic (exact) mass is 455 g/mol. The third-order valence-corrected chi connectivity index (χ3v) is 7.32. The molecule has 1 unspecified atom stereocenters. The minimum absolute atomic E-state index is 0.0529. The predicted molar refractivity (Wildman–Crippen MR) is 139 cm³/mol. The summed E-state index contributed by atoms with van der Waals surface area (Å²) in [5.74, 6) is 0.358. The average Bonchev–Trinajstić information content (AvgIpc) is 2.82. The average molecular weight is 456 g/mol. The van der Waals surface area contributed by atoms with Gasteiger partial charge in [-0.25, -0.2) is 0 Å². The summed E-state index contributed by atoms with van der Waals surface area (Å²) in [7, 11) is 3.94. The number of allylic oxidation sites excluding steroid dienone is 2. The maximum Gasteiger partial charge on any atom is 0.252 e. The lowest BCUT2D eigenvalue weighted by molar-refractivity contribution is 0.0999. The first-order valence-corrected chi connectivity index (χ1v) is 12.1. The number of ether oxygens (including phenoxy) is 1. The van der Waals surface area contributed by atoms with E-state index in [1.165, 1.54) is 5.57 Å². The van der Waals surface area contributed by atoms with Gasteiger partial charge in [-0.15, -0.1) is 0 Å². The van der Waals surface area contributed by atoms with Gasteiger partial charge in [0, 0.05) is 36.5 Å². The molecule has 2 aliphatic rings. The van der Waals surface area contributed by atoms with Crippen molar-refractivity contribution < 1.29 is 9.53 Å². The zero-order chi connectivity index (χ0) is 24.0. The summed E-state index contributed by atoms with van der Waals surface area (Å²) in [5, 5.41) is 0.964. The maximum absolute atomic E-state index is 12.9. The second kappa shape index (κ2) is 8.46. The molecule has 0 saturated carbocycles. The SMILES string of the molecule is CN(C)c1c(C(N)=O)c(C2CCOc3ccccc32)nc2c(C3=CCC(C)(C)CC3)cccc12. The van der Waals surface area contributed by atoms with Crippen molar-refractivity contribution in [2.45, 2.75) is 45.4 Å². The first kappa shape index (κ1) is 22.5. The first-order valence-electron chi connectivity index (χ1n) is 12.1. The molecule has 1 amide bonds. The van der Waals surface area contributed by atoms with Crippen LogP contribution in [0.15, 0.2) is 48.5 Å². The Bertz CT molecular complexity index is 1310. The van der Waals surface area contributed by atoms with Crippen LogP contribution in [0.3, 0.4) is 0 Å². The fraction of sp³-hybridized carbons (Fsp3) is 0.379. The van der Waals surface area contributed by atoms with Crippen molar-refractivity contribution in [3.05, 3.63) is 70.9 Å². The highest BCUT2D eigenvalue weighted by molar-refractivity contribution is 6.10. The van der Waals surface area contributed by atoms with Gasteiger partial charge in [0.25, 0.3) is 5.91 Å². The van der Waals surface area contributed by atoms with E-state index in [-0.39, 0.29) is 5.92 Å². The number of hydrogen-bond acceptors (Lipinski definition) is 4. The molecule has 3 aromatic rings. The van der Waals surface area contributed by atoms with Gasteiger partial charge < -0.3 is 15.4 Å². The van der Waals surface area contributed by atoms with Gasteiger partial charge in [0.15, 0.2) is 0 Å². The van der Waals surface area contributed by atoms with E-state index in [1.807, 2.05) is 37.2 Å². The van der Waals surface area contributed by atoms with Crippen LogP contribution in [0.2, 0.25) is 0 Å². The fourth-order valence-electron chi connectivity index (χ4n) is 5.45. The molecular formula is C29H33N3O2. The van der Waals surface area contributed by atoms with Gasteiger partial charge in [-0.1, -0.05) is 56.3 Å². The smallest absolute Gasteiger partial charge is 0.252 e. The van der Waals surface area contributed by atoms with Crippen LogP contribution in [0, 0.1) is 5.41 Å². The third kappa shape index (κ3) is 3.83. The number of anilines is 1. The Morgan fingerprint density at radius 1 is 1.15 bits per heavy atom. The molecule has 1 atom stereocenters. The summed E-state index contributed by atoms with van der Waals surface area (Å²) in [5.41, 5.74) is 13.0. The van der Waals surface area contributed by atoms with Crippen molar-refractivity contribution in [1.82, 2.24) is 4.98 Å². The van der Waals surface area contributed by atoms with Crippen LogP contribution >= 0.6 is 0 Å². The second-order valence-corrected chi connectivity index (χ2v) is 10.5. The molecule has 34 heavy (non-hydrogen) atoms. The zero-order valence-corrected chi connectivity index (χ0v) is 20.5. The number of para-hydroxylation sites is 2. The Morgan fingerprint density at radius 2 is 1.94 bits per heavy atom. The van der Waals surface area contributed by atoms with Crippen LogP contribution in [-0.4, -0.2) is 31.6 Å². The Hall–Kier alpha value is -3.34. The highest BCUT2D eigenvalue weighted by Gasteiger charge is 2.32. The molecule has 5 rings (SSSR count). The molecule has 5 heteroatoms. The molecule has 0 spiro atoms. The molecule has 0 bridgehead atoms. The van der Waals surface area contributed by atoms with Crippen LogP contribution in [0.5, 0.6) is 5.75 Å². The summed E-state index contributed by atoms with van der Waals surface area (Å²) < 4.78 is 5.92. The second-order valence-electron chi connectivity index (χ2n) is 10.5. The Kier molecular flexibility index (Phi) is 5.59. The number of hydrogen-bond donors (Lipinski definition) is 1. The van der Waals surface area contributed by atoms with Crippen LogP contribution in [0.1, 0.15) is 72.6 Å². The van der Waals surface area contributed by atoms with Gasteiger partial charge in [0.1, 0.15) is 5.75 Å². The molecule has 2 heterocycles. The van der Waals surface area contributed by atoms with Crippen LogP contribution in [0.4, 0.5) is 5.69 Å². The first-order chi connectivity index (χ1) is 16.3. The Labute approximate surface area is 201 Å². The number of nitrogens with zero attached hydrogens (tertiary/aromatic N) is 2. The number of rotatable bonds is 4. The van der Waals surface area contributed by atoms with Gasteiger partial charge in [0.2, 0.25) is 0 Å². The quantitative estimate of drug-likeness (QED) is 0.531. The van der Waals surface area contributed by atoms with Crippen molar-refractivity contribution in [3.63, 3.8) is 0 Å². The molecular weight excluding hydrogens is 422 g/mol. The van der Waals surface area contributed by atoms with E-state index in [0.717, 1.165) is 64.8 Å². The van der Waals surface area contributed by atoms with Gasteiger partial charge >= 0.3 is 0 Å². The van der Waals surface area contributed by atoms with Gasteiger partial charge in [-0.3, -0.25) is 9.78 Å². The number of benzene rings is 2. The molecule has 0 radical (unpaired) electrons. The third-order valence-electron chi connectivity index (χ3n) is 7.32. The van der Waals surface area contributed by atoms with Crippen LogP contribution < -0.4 is 15.4 Å². The number of aromatic nitrogens is 1. The molecule has 2 aromatic carbocycles. The van der Waals surface area contributed by atoms with E-state index in [1.54, 1.807) is 0 Å². The van der Waals surface area contributed by atoms with Crippen molar-refractivity contribution in [1.29, 1.82) is 0 Å². The minimum atomic E-state index is -0.443. The number of nitrogens with two attached hydrogens (primary N) is 1. The Balaban J connectivity index is 1.80. The predicted octanol–water partition coefficient (Wildman–Crippen LogP) is 5.91. The molecule has 1 aliphatic heterocycles. The summed E-state index contributed by atoms with van der Waals surface area (Å²) >= 11 is 0. The minimum Gasteiger partial charge on any atom is -0.493 e. The van der Waals surface area contributed by atoms with E-state index in [2.05, 4.69) is 44.2 Å². The molecule has 2 N–H and O–H groups in total. The maximum atomic E-state index is 12.9. The topological polar surface area (TPSA) is 68.5 Å². The highest BCUT2D eigenvalue weighted by Crippen LogP contribution is 2.44. The van der Waals surface area contributed by atoms with E-state index in [9.17, 15) is 4.79 Å². The summed E-state index contributed by atoms with van der Waals surface area (Å²) in [6.07, 6.45) is 6.36. The number of primary amides is 1. The number of carbonyl (C=O) groups excluding carboxylic acids is 1. The van der Waals surface area contributed by atoms with Crippen LogP contribution in [0.25, 0.3) is 16.5 Å². The fourth-order valence-corrected chi connectivity index (χ4v) is 5.45. The van der Waals surface area contributed by atoms with Crippen molar-refractivity contribution in [2.75, 3.05) is 25.6 Å². The lowest BCUT2D eigenvalue weighted by Crippen LogP contribution is -2.25. The number of pyridine rings is 1. The largest absolute Gasteiger partial charge is 0.493 e.